The highest BCUT2D eigenvalue weighted by molar-refractivity contribution is 5.92. The lowest BCUT2D eigenvalue weighted by Crippen LogP contribution is -2.37. The van der Waals surface area contributed by atoms with E-state index in [4.69, 9.17) is 4.74 Å². The van der Waals surface area contributed by atoms with Crippen LogP contribution in [0.25, 0.3) is 0 Å². The number of fused-ring (bicyclic) bond motifs is 1. The van der Waals surface area contributed by atoms with Gasteiger partial charge < -0.3 is 15.0 Å². The van der Waals surface area contributed by atoms with E-state index < -0.39 is 0 Å². The summed E-state index contributed by atoms with van der Waals surface area (Å²) >= 11 is 0. The molecule has 19 heavy (non-hydrogen) atoms. The van der Waals surface area contributed by atoms with E-state index in [1.165, 1.54) is 0 Å². The highest BCUT2D eigenvalue weighted by atomic mass is 16.5. The van der Waals surface area contributed by atoms with Crippen LogP contribution in [0.15, 0.2) is 11.3 Å². The number of carbonyl (C=O) groups excluding carboxylic acids is 2. The third-order valence-corrected chi connectivity index (χ3v) is 4.85. The zero-order chi connectivity index (χ0) is 13.1. The molecule has 0 radical (unpaired) electrons. The van der Waals surface area contributed by atoms with Gasteiger partial charge in [0.25, 0.3) is 0 Å². The number of urea groups is 1. The largest absolute Gasteiger partial charge is 0.456 e. The van der Waals surface area contributed by atoms with E-state index in [1.807, 2.05) is 4.90 Å². The van der Waals surface area contributed by atoms with Crippen LogP contribution in [0, 0.1) is 11.8 Å². The lowest BCUT2D eigenvalue weighted by atomic mass is 10.2. The van der Waals surface area contributed by atoms with E-state index in [0.717, 1.165) is 25.3 Å². The van der Waals surface area contributed by atoms with Gasteiger partial charge in [0.2, 0.25) is 0 Å². The molecule has 1 N–H and O–H groups in total. The van der Waals surface area contributed by atoms with Crippen molar-refractivity contribution in [1.29, 1.82) is 0 Å². The Kier molecular flexibility index (Phi) is 2.21. The topological polar surface area (TPSA) is 61.9 Å². The molecule has 6 nitrogen and oxygen atoms in total. The lowest BCUT2D eigenvalue weighted by molar-refractivity contribution is -0.136. The number of nitrogens with zero attached hydrogens (tertiary/aromatic N) is 2. The maximum absolute atomic E-state index is 12.5. The van der Waals surface area contributed by atoms with E-state index in [2.05, 4.69) is 5.32 Å². The average Bonchev–Trinajstić information content (AvgIpc) is 2.80. The van der Waals surface area contributed by atoms with E-state index >= 15 is 0 Å². The second-order valence-corrected chi connectivity index (χ2v) is 5.75. The first-order valence-electron chi connectivity index (χ1n) is 6.84. The van der Waals surface area contributed by atoms with Crippen molar-refractivity contribution in [2.75, 3.05) is 32.8 Å². The summed E-state index contributed by atoms with van der Waals surface area (Å²) in [5.74, 6) is 0.981. The van der Waals surface area contributed by atoms with Crippen molar-refractivity contribution in [3.05, 3.63) is 11.3 Å². The molecule has 3 aliphatic heterocycles. The summed E-state index contributed by atoms with van der Waals surface area (Å²) in [6.07, 6.45) is 0. The van der Waals surface area contributed by atoms with Gasteiger partial charge in [0.15, 0.2) is 0 Å². The van der Waals surface area contributed by atoms with Gasteiger partial charge in [-0.2, -0.15) is 0 Å². The van der Waals surface area contributed by atoms with Crippen molar-refractivity contribution in [2.24, 2.45) is 11.8 Å². The molecule has 4 rings (SSSR count). The maximum atomic E-state index is 12.5. The Morgan fingerprint density at radius 2 is 1.95 bits per heavy atom. The SMILES string of the molecule is CC1=C(N2CCN(C3C4CNCC43)C2=O)COC1=O. The molecule has 6 heteroatoms. The number of nitrogens with one attached hydrogen (secondary N) is 1. The van der Waals surface area contributed by atoms with Crippen LogP contribution in [-0.2, 0) is 9.53 Å². The fraction of sp³-hybridized carbons (Fsp3) is 0.692. The first-order chi connectivity index (χ1) is 9.18. The molecule has 0 aromatic heterocycles. The molecule has 3 fully saturated rings. The molecule has 2 atom stereocenters. The highest BCUT2D eigenvalue weighted by Crippen LogP contribution is 2.47. The summed E-state index contributed by atoms with van der Waals surface area (Å²) in [4.78, 5) is 27.6. The van der Waals surface area contributed by atoms with Crippen LogP contribution in [0.4, 0.5) is 4.79 Å². The van der Waals surface area contributed by atoms with Gasteiger partial charge in [0.05, 0.1) is 11.3 Å². The molecule has 2 amide bonds. The molecule has 2 unspecified atom stereocenters. The minimum Gasteiger partial charge on any atom is -0.456 e. The van der Waals surface area contributed by atoms with Gasteiger partial charge in [0.1, 0.15) is 6.61 Å². The molecule has 4 aliphatic rings. The van der Waals surface area contributed by atoms with Gasteiger partial charge in [-0.25, -0.2) is 9.59 Å². The van der Waals surface area contributed by atoms with Gasteiger partial charge >= 0.3 is 12.0 Å². The number of rotatable bonds is 2. The molecular formula is C13H17N3O3. The van der Waals surface area contributed by atoms with Crippen LogP contribution in [0.2, 0.25) is 0 Å². The minimum atomic E-state index is -0.297. The fourth-order valence-electron chi connectivity index (χ4n) is 3.68. The molecule has 0 bridgehead atoms. The van der Waals surface area contributed by atoms with Gasteiger partial charge in [0, 0.05) is 32.2 Å². The summed E-state index contributed by atoms with van der Waals surface area (Å²) in [5.41, 5.74) is 1.33. The molecule has 0 spiro atoms. The van der Waals surface area contributed by atoms with Crippen molar-refractivity contribution in [1.82, 2.24) is 15.1 Å². The zero-order valence-corrected chi connectivity index (χ0v) is 10.9. The lowest BCUT2D eigenvalue weighted by Gasteiger charge is -2.20. The smallest absolute Gasteiger partial charge is 0.336 e. The van der Waals surface area contributed by atoms with Gasteiger partial charge in [-0.05, 0) is 18.8 Å². The van der Waals surface area contributed by atoms with Gasteiger partial charge in [-0.1, -0.05) is 0 Å². The third kappa shape index (κ3) is 1.46. The van der Waals surface area contributed by atoms with Crippen LogP contribution in [0.1, 0.15) is 6.92 Å². The Labute approximate surface area is 111 Å². The summed E-state index contributed by atoms with van der Waals surface area (Å²) in [5, 5.41) is 3.34. The first-order valence-corrected chi connectivity index (χ1v) is 6.84. The number of piperidine rings is 1. The maximum Gasteiger partial charge on any atom is 0.336 e. The molecule has 1 saturated carbocycles. The van der Waals surface area contributed by atoms with Crippen molar-refractivity contribution in [3.63, 3.8) is 0 Å². The minimum absolute atomic E-state index is 0.0482. The third-order valence-electron chi connectivity index (χ3n) is 4.85. The Bertz CT molecular complexity index is 491. The molecule has 102 valence electrons. The summed E-state index contributed by atoms with van der Waals surface area (Å²) in [6.45, 7) is 5.47. The van der Waals surface area contributed by atoms with Crippen molar-refractivity contribution in [3.8, 4) is 0 Å². The Morgan fingerprint density at radius 1 is 1.21 bits per heavy atom. The summed E-state index contributed by atoms with van der Waals surface area (Å²) < 4.78 is 4.99. The Balaban J connectivity index is 1.52. The van der Waals surface area contributed by atoms with E-state index in [9.17, 15) is 9.59 Å². The summed E-state index contributed by atoms with van der Waals surface area (Å²) in [7, 11) is 0. The van der Waals surface area contributed by atoms with Crippen molar-refractivity contribution >= 4 is 12.0 Å². The second kappa shape index (κ2) is 3.72. The number of ether oxygens (including phenoxy) is 1. The monoisotopic (exact) mass is 263 g/mol. The highest BCUT2D eigenvalue weighted by Gasteiger charge is 2.58. The summed E-state index contributed by atoms with van der Waals surface area (Å²) in [6, 6.07) is 0.463. The molecular weight excluding hydrogens is 246 g/mol. The average molecular weight is 263 g/mol. The van der Waals surface area contributed by atoms with Crippen LogP contribution >= 0.6 is 0 Å². The standard InChI is InChI=1S/C13H17N3O3/c1-7-10(6-19-12(7)17)15-2-3-16(13(15)18)11-8-4-14-5-9(8)11/h8-9,11,14H,2-6H2,1H3. The van der Waals surface area contributed by atoms with Gasteiger partial charge in [-0.3, -0.25) is 4.90 Å². The number of carbonyl (C=O) groups is 2. The van der Waals surface area contributed by atoms with Gasteiger partial charge in [-0.15, -0.1) is 0 Å². The van der Waals surface area contributed by atoms with Crippen LogP contribution < -0.4 is 5.32 Å². The van der Waals surface area contributed by atoms with E-state index in [1.54, 1.807) is 11.8 Å². The quantitative estimate of drug-likeness (QED) is 0.699. The Hall–Kier alpha value is -1.56. The van der Waals surface area contributed by atoms with Crippen LogP contribution in [0.3, 0.4) is 0 Å². The normalized spacial score (nSPS) is 37.2. The predicted molar refractivity (Wildman–Crippen MR) is 66.1 cm³/mol. The number of hydrogen-bond acceptors (Lipinski definition) is 4. The Morgan fingerprint density at radius 3 is 2.58 bits per heavy atom. The molecule has 3 heterocycles. The van der Waals surface area contributed by atoms with Crippen molar-refractivity contribution in [2.45, 2.75) is 13.0 Å². The number of hydrogen-bond donors (Lipinski definition) is 1. The number of esters is 1. The van der Waals surface area contributed by atoms with Crippen molar-refractivity contribution < 1.29 is 14.3 Å². The fourth-order valence-corrected chi connectivity index (χ4v) is 3.68. The molecule has 0 aromatic carbocycles. The molecule has 1 aliphatic carbocycles. The predicted octanol–water partition coefficient (Wildman–Crippen LogP) is -0.227. The molecule has 2 saturated heterocycles. The van der Waals surface area contributed by atoms with E-state index in [-0.39, 0.29) is 18.6 Å². The molecule has 0 aromatic rings. The first kappa shape index (κ1) is 11.3. The second-order valence-electron chi connectivity index (χ2n) is 5.75. The zero-order valence-electron chi connectivity index (χ0n) is 10.9. The van der Waals surface area contributed by atoms with E-state index in [0.29, 0.717) is 30.0 Å². The van der Waals surface area contributed by atoms with Crippen LogP contribution in [-0.4, -0.2) is 60.6 Å². The number of amides is 2. The van der Waals surface area contributed by atoms with Crippen LogP contribution in [0.5, 0.6) is 0 Å². The number of cyclic esters (lactones) is 1.